The van der Waals surface area contributed by atoms with Crippen LogP contribution >= 0.6 is 0 Å². The smallest absolute Gasteiger partial charge is 0.239 e. The molecule has 1 aliphatic heterocycles. The molecule has 7 N–H and O–H groups in total. The minimum atomic E-state index is -3.74. The van der Waals surface area contributed by atoms with Crippen LogP contribution in [0, 0.1) is 0 Å². The fourth-order valence-electron chi connectivity index (χ4n) is 3.87. The predicted molar refractivity (Wildman–Crippen MR) is 129 cm³/mol. The first-order valence-electron chi connectivity index (χ1n) is 11.1. The predicted octanol–water partition coefficient (Wildman–Crippen LogP) is -1.03. The van der Waals surface area contributed by atoms with Gasteiger partial charge in [0, 0.05) is 6.54 Å². The van der Waals surface area contributed by atoms with Crippen LogP contribution in [-0.2, 0) is 30.8 Å². The molecule has 11 nitrogen and oxygen atoms in total. The third kappa shape index (κ3) is 8.50. The highest BCUT2D eigenvalue weighted by molar-refractivity contribution is 7.88. The van der Waals surface area contributed by atoms with E-state index in [9.17, 15) is 22.8 Å². The molecule has 0 bridgehead atoms. The zero-order valence-corrected chi connectivity index (χ0v) is 20.4. The van der Waals surface area contributed by atoms with Gasteiger partial charge in [0.05, 0.1) is 12.3 Å². The normalized spacial score (nSPS) is 18.5. The Morgan fingerprint density at radius 1 is 1.24 bits per heavy atom. The molecule has 0 aromatic heterocycles. The Hall–Kier alpha value is -2.83. The molecule has 1 heterocycles. The van der Waals surface area contributed by atoms with E-state index in [1.54, 1.807) is 30.3 Å². The van der Waals surface area contributed by atoms with Crippen LogP contribution in [0.15, 0.2) is 35.3 Å². The molecule has 12 heteroatoms. The fourth-order valence-corrected chi connectivity index (χ4v) is 4.57. The quantitative estimate of drug-likeness (QED) is 0.0996. The standard InChI is InChI=1S/C22H34N6O5S/c1-22(11-7-13-26-21(23)24,19(30)18(29)16-10-6-12-25-16)27-20(31)17(28-34(2,32)33)14-15-8-4-3-5-9-15/h3-5,8-9,16-17,25,28H,6-7,10-14H2,1-2H3,(H,27,31)(H4,23,24,26)/t16-,17-,22-/m0/s1. The van der Waals surface area contributed by atoms with Gasteiger partial charge >= 0.3 is 0 Å². The topological polar surface area (TPSA) is 186 Å². The van der Waals surface area contributed by atoms with Gasteiger partial charge in [-0.15, -0.1) is 0 Å². The molecule has 1 saturated heterocycles. The number of Topliss-reactive ketones (excluding diaryl/α,β-unsaturated/α-hetero) is 2. The maximum absolute atomic E-state index is 13.3. The monoisotopic (exact) mass is 494 g/mol. The van der Waals surface area contributed by atoms with Gasteiger partial charge in [0.25, 0.3) is 0 Å². The van der Waals surface area contributed by atoms with Crippen molar-refractivity contribution >= 4 is 33.5 Å². The number of sulfonamides is 1. The molecule has 0 saturated carbocycles. The first-order chi connectivity index (χ1) is 15.9. The summed E-state index contributed by atoms with van der Waals surface area (Å²) in [5, 5.41) is 5.66. The van der Waals surface area contributed by atoms with Gasteiger partial charge in [-0.05, 0) is 51.1 Å². The lowest BCUT2D eigenvalue weighted by molar-refractivity contribution is -0.143. The van der Waals surface area contributed by atoms with Crippen LogP contribution in [0.3, 0.4) is 0 Å². The molecule has 3 atom stereocenters. The summed E-state index contributed by atoms with van der Waals surface area (Å²) in [5.41, 5.74) is 9.86. The summed E-state index contributed by atoms with van der Waals surface area (Å²) in [6.45, 7) is 2.30. The molecule has 0 aliphatic carbocycles. The zero-order valence-electron chi connectivity index (χ0n) is 19.5. The van der Waals surface area contributed by atoms with Gasteiger partial charge in [-0.3, -0.25) is 19.4 Å². The number of ketones is 2. The summed E-state index contributed by atoms with van der Waals surface area (Å²) in [6.07, 6.45) is 2.73. The van der Waals surface area contributed by atoms with Crippen LogP contribution < -0.4 is 26.8 Å². The second-order valence-electron chi connectivity index (χ2n) is 8.71. The van der Waals surface area contributed by atoms with Gasteiger partial charge in [-0.25, -0.2) is 13.1 Å². The van der Waals surface area contributed by atoms with Crippen molar-refractivity contribution in [1.82, 2.24) is 15.4 Å². The van der Waals surface area contributed by atoms with Crippen LogP contribution in [-0.4, -0.2) is 68.8 Å². The van der Waals surface area contributed by atoms with E-state index in [0.29, 0.717) is 19.4 Å². The van der Waals surface area contributed by atoms with Gasteiger partial charge in [-0.1, -0.05) is 30.3 Å². The van der Waals surface area contributed by atoms with E-state index in [1.807, 2.05) is 0 Å². The van der Waals surface area contributed by atoms with E-state index in [-0.39, 0.29) is 25.3 Å². The highest BCUT2D eigenvalue weighted by atomic mass is 32.2. The van der Waals surface area contributed by atoms with Crippen molar-refractivity contribution in [2.45, 2.75) is 56.7 Å². The second-order valence-corrected chi connectivity index (χ2v) is 10.5. The maximum Gasteiger partial charge on any atom is 0.239 e. The number of nitrogens with two attached hydrogens (primary N) is 2. The number of hydrogen-bond donors (Lipinski definition) is 5. The molecule has 1 aromatic carbocycles. The number of amides is 1. The van der Waals surface area contributed by atoms with E-state index in [4.69, 9.17) is 11.5 Å². The first kappa shape index (κ1) is 27.4. The molecule has 1 fully saturated rings. The second kappa shape index (κ2) is 12.0. The Bertz CT molecular complexity index is 1000. The number of benzene rings is 1. The van der Waals surface area contributed by atoms with Crippen LogP contribution in [0.2, 0.25) is 0 Å². The summed E-state index contributed by atoms with van der Waals surface area (Å²) < 4.78 is 26.2. The lowest BCUT2D eigenvalue weighted by atomic mass is 9.85. The maximum atomic E-state index is 13.3. The van der Waals surface area contributed by atoms with Gasteiger partial charge in [0.2, 0.25) is 27.5 Å². The van der Waals surface area contributed by atoms with Crippen LogP contribution in [0.1, 0.15) is 38.2 Å². The highest BCUT2D eigenvalue weighted by Crippen LogP contribution is 2.19. The van der Waals surface area contributed by atoms with E-state index >= 15 is 0 Å². The average Bonchev–Trinajstić information content (AvgIpc) is 3.30. The first-order valence-corrected chi connectivity index (χ1v) is 13.0. The summed E-state index contributed by atoms with van der Waals surface area (Å²) in [7, 11) is -3.74. The molecule has 0 spiro atoms. The van der Waals surface area contributed by atoms with E-state index in [1.165, 1.54) is 6.92 Å². The lowest BCUT2D eigenvalue weighted by Crippen LogP contribution is -2.61. The van der Waals surface area contributed by atoms with Gasteiger partial charge in [-0.2, -0.15) is 0 Å². The van der Waals surface area contributed by atoms with Crippen molar-refractivity contribution < 1.29 is 22.8 Å². The van der Waals surface area contributed by atoms with Gasteiger partial charge in [0.15, 0.2) is 5.96 Å². The number of nitrogens with one attached hydrogen (secondary N) is 3. The summed E-state index contributed by atoms with van der Waals surface area (Å²) in [4.78, 5) is 43.2. The number of carbonyl (C=O) groups excluding carboxylic acids is 3. The van der Waals surface area contributed by atoms with E-state index < -0.39 is 45.1 Å². The van der Waals surface area contributed by atoms with Crippen molar-refractivity contribution in [2.24, 2.45) is 16.5 Å². The van der Waals surface area contributed by atoms with Gasteiger partial charge in [0.1, 0.15) is 11.6 Å². The minimum Gasteiger partial charge on any atom is -0.370 e. The zero-order chi connectivity index (χ0) is 25.4. The van der Waals surface area contributed by atoms with Crippen molar-refractivity contribution in [1.29, 1.82) is 0 Å². The molecule has 34 heavy (non-hydrogen) atoms. The molecule has 1 aliphatic rings. The molecular formula is C22H34N6O5S. The van der Waals surface area contributed by atoms with Crippen LogP contribution in [0.4, 0.5) is 0 Å². The number of nitrogens with zero attached hydrogens (tertiary/aromatic N) is 1. The Kier molecular flexibility index (Phi) is 9.71. The fraction of sp³-hybridized carbons (Fsp3) is 0.545. The Morgan fingerprint density at radius 3 is 2.47 bits per heavy atom. The third-order valence-electron chi connectivity index (χ3n) is 5.59. The SMILES string of the molecule is C[C@@](CCCN=C(N)N)(NC(=O)[C@H](Cc1ccccc1)NS(C)(=O)=O)C(=O)C(=O)[C@@H]1CCCN1. The number of guanidine groups is 1. The number of hydrogen-bond acceptors (Lipinski definition) is 7. The van der Waals surface area contributed by atoms with Crippen molar-refractivity contribution in [3.8, 4) is 0 Å². The van der Waals surface area contributed by atoms with Crippen LogP contribution in [0.5, 0.6) is 0 Å². The molecular weight excluding hydrogens is 460 g/mol. The number of aliphatic imine (C=N–C) groups is 1. The molecule has 2 rings (SSSR count). The summed E-state index contributed by atoms with van der Waals surface area (Å²) in [6, 6.07) is 7.10. The molecule has 1 aromatic rings. The third-order valence-corrected chi connectivity index (χ3v) is 6.30. The van der Waals surface area contributed by atoms with E-state index in [0.717, 1.165) is 18.2 Å². The minimum absolute atomic E-state index is 0.0656. The summed E-state index contributed by atoms with van der Waals surface area (Å²) in [5.74, 6) is -2.18. The van der Waals surface area contributed by atoms with Crippen molar-refractivity contribution in [2.75, 3.05) is 19.3 Å². The lowest BCUT2D eigenvalue weighted by Gasteiger charge is -2.31. The van der Waals surface area contributed by atoms with Gasteiger partial charge < -0.3 is 22.1 Å². The molecule has 0 radical (unpaired) electrons. The number of rotatable bonds is 13. The molecule has 1 amide bonds. The Labute approximate surface area is 200 Å². The average molecular weight is 495 g/mol. The molecule has 0 unspecified atom stereocenters. The number of carbonyl (C=O) groups is 3. The molecule has 188 valence electrons. The summed E-state index contributed by atoms with van der Waals surface area (Å²) >= 11 is 0. The van der Waals surface area contributed by atoms with E-state index in [2.05, 4.69) is 20.3 Å². The Morgan fingerprint density at radius 2 is 1.91 bits per heavy atom. The highest BCUT2D eigenvalue weighted by Gasteiger charge is 2.42. The van der Waals surface area contributed by atoms with Crippen molar-refractivity contribution in [3.05, 3.63) is 35.9 Å². The largest absolute Gasteiger partial charge is 0.370 e. The Balaban J connectivity index is 2.27. The van der Waals surface area contributed by atoms with Crippen LogP contribution in [0.25, 0.3) is 0 Å². The van der Waals surface area contributed by atoms with Crippen molar-refractivity contribution in [3.63, 3.8) is 0 Å².